The van der Waals surface area contributed by atoms with Gasteiger partial charge in [0, 0.05) is 26.4 Å². The topological polar surface area (TPSA) is 30.5 Å². The molecule has 3 nitrogen and oxygen atoms in total. The predicted molar refractivity (Wildman–Crippen MR) is 73.5 cm³/mol. The molecule has 1 N–H and O–H groups in total. The molecule has 0 aromatic heterocycles. The highest BCUT2D eigenvalue weighted by Crippen LogP contribution is 2.00. The van der Waals surface area contributed by atoms with Gasteiger partial charge in [-0.25, -0.2) is 0 Å². The van der Waals surface area contributed by atoms with Crippen LogP contribution in [0.25, 0.3) is 0 Å². The van der Waals surface area contributed by atoms with Gasteiger partial charge in [0.1, 0.15) is 0 Å². The van der Waals surface area contributed by atoms with Crippen molar-refractivity contribution in [3.63, 3.8) is 0 Å². The molecule has 0 aliphatic carbocycles. The van der Waals surface area contributed by atoms with E-state index in [0.29, 0.717) is 6.10 Å². The first-order valence-electron chi connectivity index (χ1n) is 7.21. The summed E-state index contributed by atoms with van der Waals surface area (Å²) in [7, 11) is 0. The van der Waals surface area contributed by atoms with Crippen LogP contribution in [-0.2, 0) is 9.47 Å². The van der Waals surface area contributed by atoms with Crippen molar-refractivity contribution < 1.29 is 9.47 Å². The van der Waals surface area contributed by atoms with E-state index in [1.165, 1.54) is 25.7 Å². The number of hydrogen-bond donors (Lipinski definition) is 1. The fourth-order valence-electron chi connectivity index (χ4n) is 1.62. The summed E-state index contributed by atoms with van der Waals surface area (Å²) < 4.78 is 11.0. The van der Waals surface area contributed by atoms with Crippen molar-refractivity contribution in [1.29, 1.82) is 0 Å². The van der Waals surface area contributed by atoms with Gasteiger partial charge in [0.05, 0.1) is 6.10 Å². The van der Waals surface area contributed by atoms with Gasteiger partial charge in [-0.1, -0.05) is 26.2 Å². The largest absolute Gasteiger partial charge is 0.382 e. The third-order valence-electron chi connectivity index (χ3n) is 2.68. The molecule has 0 aromatic rings. The predicted octanol–water partition coefficient (Wildman–Crippen LogP) is 2.99. The smallest absolute Gasteiger partial charge is 0.0671 e. The zero-order chi connectivity index (χ0) is 12.8. The molecular formula is C14H31NO2. The molecular weight excluding hydrogens is 214 g/mol. The van der Waals surface area contributed by atoms with Crippen LogP contribution in [-0.4, -0.2) is 39.0 Å². The van der Waals surface area contributed by atoms with Crippen molar-refractivity contribution in [2.45, 2.75) is 59.0 Å². The fourth-order valence-corrected chi connectivity index (χ4v) is 1.62. The van der Waals surface area contributed by atoms with Crippen LogP contribution in [0.2, 0.25) is 0 Å². The first-order valence-corrected chi connectivity index (χ1v) is 7.21. The maximum Gasteiger partial charge on any atom is 0.0671 e. The van der Waals surface area contributed by atoms with E-state index >= 15 is 0 Å². The second-order valence-electron chi connectivity index (χ2n) is 4.50. The Hall–Kier alpha value is -0.120. The van der Waals surface area contributed by atoms with E-state index in [9.17, 15) is 0 Å². The molecule has 1 unspecified atom stereocenters. The van der Waals surface area contributed by atoms with Crippen LogP contribution in [0.15, 0.2) is 0 Å². The van der Waals surface area contributed by atoms with Crippen LogP contribution in [0, 0.1) is 0 Å². The molecule has 1 atom stereocenters. The Morgan fingerprint density at radius 3 is 2.53 bits per heavy atom. The van der Waals surface area contributed by atoms with E-state index < -0.39 is 0 Å². The van der Waals surface area contributed by atoms with Gasteiger partial charge in [0.25, 0.3) is 0 Å². The summed E-state index contributed by atoms with van der Waals surface area (Å²) in [5, 5.41) is 3.39. The molecule has 0 saturated carbocycles. The second-order valence-corrected chi connectivity index (χ2v) is 4.50. The Labute approximate surface area is 107 Å². The maximum absolute atomic E-state index is 5.72. The van der Waals surface area contributed by atoms with Crippen molar-refractivity contribution in [2.24, 2.45) is 0 Å². The lowest BCUT2D eigenvalue weighted by Gasteiger charge is -2.13. The molecule has 3 heteroatoms. The van der Waals surface area contributed by atoms with Crippen molar-refractivity contribution in [2.75, 3.05) is 32.9 Å². The number of rotatable bonds is 13. The number of unbranched alkanes of at least 4 members (excludes halogenated alkanes) is 3. The van der Waals surface area contributed by atoms with Crippen LogP contribution in [0.4, 0.5) is 0 Å². The average molecular weight is 245 g/mol. The summed E-state index contributed by atoms with van der Waals surface area (Å²) in [6, 6.07) is 0. The third-order valence-corrected chi connectivity index (χ3v) is 2.68. The highest BCUT2D eigenvalue weighted by atomic mass is 16.5. The summed E-state index contributed by atoms with van der Waals surface area (Å²) in [6.07, 6.45) is 6.51. The number of ether oxygens (including phenoxy) is 2. The van der Waals surface area contributed by atoms with Crippen LogP contribution >= 0.6 is 0 Å². The van der Waals surface area contributed by atoms with Gasteiger partial charge in [-0.15, -0.1) is 0 Å². The van der Waals surface area contributed by atoms with E-state index in [4.69, 9.17) is 9.47 Å². The first-order chi connectivity index (χ1) is 8.31. The monoisotopic (exact) mass is 245 g/mol. The van der Waals surface area contributed by atoms with Crippen LogP contribution in [0.1, 0.15) is 52.9 Å². The molecule has 104 valence electrons. The lowest BCUT2D eigenvalue weighted by atomic mass is 10.2. The minimum atomic E-state index is 0.323. The Morgan fingerprint density at radius 1 is 1.00 bits per heavy atom. The van der Waals surface area contributed by atoms with Gasteiger partial charge in [-0.3, -0.25) is 0 Å². The molecule has 0 spiro atoms. The zero-order valence-corrected chi connectivity index (χ0v) is 12.0. The second kappa shape index (κ2) is 13.9. The van der Waals surface area contributed by atoms with E-state index in [1.807, 2.05) is 6.92 Å². The quantitative estimate of drug-likeness (QED) is 0.506. The summed E-state index contributed by atoms with van der Waals surface area (Å²) in [5.74, 6) is 0. The number of nitrogens with one attached hydrogen (secondary N) is 1. The van der Waals surface area contributed by atoms with Crippen LogP contribution < -0.4 is 5.32 Å². The van der Waals surface area contributed by atoms with Crippen molar-refractivity contribution in [3.05, 3.63) is 0 Å². The maximum atomic E-state index is 5.72. The van der Waals surface area contributed by atoms with Gasteiger partial charge in [0.15, 0.2) is 0 Å². The minimum Gasteiger partial charge on any atom is -0.382 e. The summed E-state index contributed by atoms with van der Waals surface area (Å²) in [5.41, 5.74) is 0. The molecule has 0 amide bonds. The van der Waals surface area contributed by atoms with Crippen molar-refractivity contribution in [1.82, 2.24) is 5.32 Å². The standard InChI is InChI=1S/C14H31NO2/c1-4-6-7-8-12-17-14(3)13-15-10-9-11-16-5-2/h14-15H,4-13H2,1-3H3. The Balaban J connectivity index is 3.09. The van der Waals surface area contributed by atoms with Crippen molar-refractivity contribution >= 4 is 0 Å². The normalized spacial score (nSPS) is 12.9. The number of hydrogen-bond acceptors (Lipinski definition) is 3. The molecule has 0 bridgehead atoms. The SMILES string of the molecule is CCCCCCOC(C)CNCCCOCC. The van der Waals surface area contributed by atoms with Crippen LogP contribution in [0.5, 0.6) is 0 Å². The lowest BCUT2D eigenvalue weighted by Crippen LogP contribution is -2.28. The van der Waals surface area contributed by atoms with Gasteiger partial charge < -0.3 is 14.8 Å². The van der Waals surface area contributed by atoms with Gasteiger partial charge in [-0.2, -0.15) is 0 Å². The molecule has 0 saturated heterocycles. The van der Waals surface area contributed by atoms with Gasteiger partial charge >= 0.3 is 0 Å². The first kappa shape index (κ1) is 16.9. The van der Waals surface area contributed by atoms with E-state index in [2.05, 4.69) is 19.2 Å². The van der Waals surface area contributed by atoms with E-state index in [-0.39, 0.29) is 0 Å². The lowest BCUT2D eigenvalue weighted by molar-refractivity contribution is 0.0624. The van der Waals surface area contributed by atoms with Gasteiger partial charge in [-0.05, 0) is 33.2 Å². The van der Waals surface area contributed by atoms with Gasteiger partial charge in [0.2, 0.25) is 0 Å². The molecule has 17 heavy (non-hydrogen) atoms. The molecule has 0 heterocycles. The molecule has 0 radical (unpaired) electrons. The molecule has 0 fully saturated rings. The molecule has 0 aliphatic heterocycles. The molecule has 0 aliphatic rings. The highest BCUT2D eigenvalue weighted by Gasteiger charge is 2.00. The Morgan fingerprint density at radius 2 is 1.82 bits per heavy atom. The summed E-state index contributed by atoms with van der Waals surface area (Å²) in [4.78, 5) is 0. The molecule has 0 aromatic carbocycles. The van der Waals surface area contributed by atoms with Crippen molar-refractivity contribution in [3.8, 4) is 0 Å². The van der Waals surface area contributed by atoms with E-state index in [1.54, 1.807) is 0 Å². The Kier molecular flexibility index (Phi) is 13.8. The Bertz CT molecular complexity index is 142. The van der Waals surface area contributed by atoms with Crippen LogP contribution in [0.3, 0.4) is 0 Å². The summed E-state index contributed by atoms with van der Waals surface area (Å²) in [6.45, 7) is 10.9. The molecule has 0 rings (SSSR count). The zero-order valence-electron chi connectivity index (χ0n) is 12.0. The summed E-state index contributed by atoms with van der Waals surface area (Å²) >= 11 is 0. The highest BCUT2D eigenvalue weighted by molar-refractivity contribution is 4.55. The minimum absolute atomic E-state index is 0.323. The fraction of sp³-hybridized carbons (Fsp3) is 1.00. The van der Waals surface area contributed by atoms with E-state index in [0.717, 1.165) is 39.3 Å². The third kappa shape index (κ3) is 13.8. The average Bonchev–Trinajstić information content (AvgIpc) is 2.33.